The van der Waals surface area contributed by atoms with E-state index in [-0.39, 0.29) is 17.1 Å². The molecule has 5 rings (SSSR count). The quantitative estimate of drug-likeness (QED) is 0.383. The lowest BCUT2D eigenvalue weighted by Crippen LogP contribution is -2.16. The number of halogens is 1. The van der Waals surface area contributed by atoms with Crippen molar-refractivity contribution in [1.29, 1.82) is 0 Å². The maximum Gasteiger partial charge on any atom is 0.231 e. The largest absolute Gasteiger partial charge is 0.352 e. The molecule has 4 aromatic rings. The van der Waals surface area contributed by atoms with Crippen molar-refractivity contribution in [3.63, 3.8) is 0 Å². The van der Waals surface area contributed by atoms with Crippen molar-refractivity contribution in [2.45, 2.75) is 24.4 Å². The number of anilines is 3. The highest BCUT2D eigenvalue weighted by molar-refractivity contribution is 7.90. The molecule has 34 heavy (non-hydrogen) atoms. The van der Waals surface area contributed by atoms with Gasteiger partial charge in [0, 0.05) is 31.1 Å². The molecule has 0 radical (unpaired) electrons. The third-order valence-electron chi connectivity index (χ3n) is 5.53. The molecule has 12 heteroatoms. The minimum absolute atomic E-state index is 0.0803. The van der Waals surface area contributed by atoms with Gasteiger partial charge in [0.15, 0.2) is 15.5 Å². The highest BCUT2D eigenvalue weighted by Gasteiger charge is 2.43. The smallest absolute Gasteiger partial charge is 0.231 e. The lowest BCUT2D eigenvalue weighted by Gasteiger charge is -2.14. The van der Waals surface area contributed by atoms with Gasteiger partial charge >= 0.3 is 0 Å². The number of alkyl halides is 1. The molecule has 0 spiro atoms. The number of fused-ring (bicyclic) bond motifs is 1. The molecule has 1 aromatic carbocycles. The molecule has 3 aromatic heterocycles. The van der Waals surface area contributed by atoms with Crippen LogP contribution in [-0.2, 0) is 21.7 Å². The van der Waals surface area contributed by atoms with E-state index in [0.29, 0.717) is 39.6 Å². The summed E-state index contributed by atoms with van der Waals surface area (Å²) in [6.45, 7) is 1.76. The van der Waals surface area contributed by atoms with Crippen LogP contribution in [0.25, 0.3) is 22.4 Å². The van der Waals surface area contributed by atoms with Crippen molar-refractivity contribution < 1.29 is 17.6 Å². The molecule has 0 aliphatic heterocycles. The van der Waals surface area contributed by atoms with Gasteiger partial charge in [-0.2, -0.15) is 5.10 Å². The van der Waals surface area contributed by atoms with Crippen LogP contribution in [0, 0.1) is 12.8 Å². The molecule has 1 amide bonds. The van der Waals surface area contributed by atoms with Gasteiger partial charge < -0.3 is 15.6 Å². The van der Waals surface area contributed by atoms with E-state index in [2.05, 4.69) is 30.7 Å². The van der Waals surface area contributed by atoms with Gasteiger partial charge in [0.05, 0.1) is 27.9 Å². The zero-order valence-electron chi connectivity index (χ0n) is 18.6. The van der Waals surface area contributed by atoms with E-state index < -0.39 is 27.8 Å². The summed E-state index contributed by atoms with van der Waals surface area (Å²) in [6.07, 6.45) is 1.97. The minimum atomic E-state index is -3.62. The lowest BCUT2D eigenvalue weighted by atomic mass is 10.1. The molecule has 0 bridgehead atoms. The first-order valence-corrected chi connectivity index (χ1v) is 12.4. The predicted octanol–water partition coefficient (Wildman–Crippen LogP) is 3.11. The Morgan fingerprint density at radius 1 is 1.21 bits per heavy atom. The summed E-state index contributed by atoms with van der Waals surface area (Å²) >= 11 is 0. The standard InChI is InChI=1S/C22H22FN7O3S/c1-11-24-20-17(10-19(27-21(20)25-11)28-22(31)13-9-14(13)23)26-16-5-4-12(8-18(16)34(3,32)33)15-6-7-30(2)29-15/h4-8,10,13-14H,9H2,1-3H3,(H3,24,25,26,27,28,31)/t13-,14+/m1/s1. The summed E-state index contributed by atoms with van der Waals surface area (Å²) in [5.41, 5.74) is 2.94. The number of pyridine rings is 1. The first-order chi connectivity index (χ1) is 16.1. The van der Waals surface area contributed by atoms with Crippen molar-refractivity contribution in [3.8, 4) is 11.3 Å². The van der Waals surface area contributed by atoms with Crippen molar-refractivity contribution >= 4 is 44.1 Å². The molecule has 176 valence electrons. The lowest BCUT2D eigenvalue weighted by molar-refractivity contribution is -0.117. The summed E-state index contributed by atoms with van der Waals surface area (Å²) in [7, 11) is -1.83. The number of carbonyl (C=O) groups excluding carboxylic acids is 1. The number of benzene rings is 1. The van der Waals surface area contributed by atoms with Gasteiger partial charge in [-0.1, -0.05) is 6.07 Å². The van der Waals surface area contributed by atoms with Crippen LogP contribution >= 0.6 is 0 Å². The molecule has 1 saturated carbocycles. The normalized spacial score (nSPS) is 17.6. The molecule has 0 saturated heterocycles. The second kappa shape index (κ2) is 7.90. The molecule has 1 fully saturated rings. The van der Waals surface area contributed by atoms with Gasteiger partial charge in [-0.05, 0) is 31.5 Å². The maximum atomic E-state index is 13.3. The molecule has 10 nitrogen and oxygen atoms in total. The van der Waals surface area contributed by atoms with Crippen LogP contribution in [0.1, 0.15) is 12.2 Å². The number of amides is 1. The van der Waals surface area contributed by atoms with Crippen LogP contribution in [0.5, 0.6) is 0 Å². The number of imidazole rings is 1. The maximum absolute atomic E-state index is 13.3. The summed E-state index contributed by atoms with van der Waals surface area (Å²) in [5, 5.41) is 10.1. The van der Waals surface area contributed by atoms with Gasteiger partial charge in [0.1, 0.15) is 23.3 Å². The number of nitrogens with one attached hydrogen (secondary N) is 3. The fraction of sp³-hybridized carbons (Fsp3) is 0.273. The molecular weight excluding hydrogens is 461 g/mol. The van der Waals surface area contributed by atoms with Crippen LogP contribution in [-0.4, -0.2) is 51.5 Å². The van der Waals surface area contributed by atoms with E-state index in [1.807, 2.05) is 0 Å². The molecule has 3 N–H and O–H groups in total. The monoisotopic (exact) mass is 483 g/mol. The topological polar surface area (TPSA) is 135 Å². The number of H-pyrrole nitrogens is 1. The zero-order valence-corrected chi connectivity index (χ0v) is 19.4. The Hall–Kier alpha value is -3.80. The van der Waals surface area contributed by atoms with E-state index in [0.717, 1.165) is 6.26 Å². The Bertz CT molecular complexity index is 1540. The summed E-state index contributed by atoms with van der Waals surface area (Å²) in [4.78, 5) is 24.1. The number of hydrogen-bond donors (Lipinski definition) is 3. The second-order valence-electron chi connectivity index (χ2n) is 8.40. The van der Waals surface area contributed by atoms with Crippen LogP contribution in [0.4, 0.5) is 21.6 Å². The predicted molar refractivity (Wildman–Crippen MR) is 125 cm³/mol. The van der Waals surface area contributed by atoms with Crippen molar-refractivity contribution in [2.24, 2.45) is 13.0 Å². The Morgan fingerprint density at radius 3 is 2.62 bits per heavy atom. The minimum Gasteiger partial charge on any atom is -0.352 e. The van der Waals surface area contributed by atoms with E-state index in [9.17, 15) is 17.6 Å². The second-order valence-corrected chi connectivity index (χ2v) is 10.4. The zero-order chi connectivity index (χ0) is 24.2. The SMILES string of the molecule is Cc1nc2c(Nc3ccc(-c4ccn(C)n4)cc3S(C)(=O)=O)cc(NC(=O)[C@@H]3C[C@@H]3F)nc2[nH]1. The van der Waals surface area contributed by atoms with Crippen molar-refractivity contribution in [1.82, 2.24) is 24.7 Å². The molecule has 3 heterocycles. The van der Waals surface area contributed by atoms with E-state index >= 15 is 0 Å². The van der Waals surface area contributed by atoms with E-state index in [4.69, 9.17) is 0 Å². The number of aromatic amines is 1. The average Bonchev–Trinajstić information content (AvgIpc) is 3.14. The summed E-state index contributed by atoms with van der Waals surface area (Å²) in [6, 6.07) is 8.33. The fourth-order valence-corrected chi connectivity index (χ4v) is 4.58. The number of hydrogen-bond acceptors (Lipinski definition) is 7. The molecule has 2 atom stereocenters. The highest BCUT2D eigenvalue weighted by atomic mass is 32.2. The Kier molecular flexibility index (Phi) is 5.12. The van der Waals surface area contributed by atoms with Gasteiger partial charge in [-0.3, -0.25) is 9.48 Å². The first kappa shape index (κ1) is 22.0. The van der Waals surface area contributed by atoms with Crippen LogP contribution in [0.3, 0.4) is 0 Å². The summed E-state index contributed by atoms with van der Waals surface area (Å²) in [5.74, 6) is -0.325. The number of aryl methyl sites for hydroxylation is 2. The Morgan fingerprint density at radius 2 is 1.97 bits per heavy atom. The number of nitrogens with zero attached hydrogens (tertiary/aromatic N) is 4. The molecule has 0 unspecified atom stereocenters. The van der Waals surface area contributed by atoms with E-state index in [1.165, 1.54) is 0 Å². The molecular formula is C22H22FN7O3S. The number of aromatic nitrogens is 5. The number of carbonyl (C=O) groups is 1. The number of sulfone groups is 1. The van der Waals surface area contributed by atoms with Crippen LogP contribution in [0.15, 0.2) is 41.4 Å². The van der Waals surface area contributed by atoms with E-state index in [1.54, 1.807) is 55.2 Å². The van der Waals surface area contributed by atoms with Crippen LogP contribution < -0.4 is 10.6 Å². The molecule has 1 aliphatic rings. The van der Waals surface area contributed by atoms with Gasteiger partial charge in [0.25, 0.3) is 0 Å². The number of rotatable bonds is 6. The van der Waals surface area contributed by atoms with Gasteiger partial charge in [0.2, 0.25) is 5.91 Å². The molecule has 1 aliphatic carbocycles. The van der Waals surface area contributed by atoms with Crippen LogP contribution in [0.2, 0.25) is 0 Å². The third-order valence-corrected chi connectivity index (χ3v) is 6.67. The summed E-state index contributed by atoms with van der Waals surface area (Å²) < 4.78 is 40.2. The fourth-order valence-electron chi connectivity index (χ4n) is 3.73. The Balaban J connectivity index is 1.56. The van der Waals surface area contributed by atoms with Crippen molar-refractivity contribution in [3.05, 3.63) is 42.4 Å². The third kappa shape index (κ3) is 4.23. The van der Waals surface area contributed by atoms with Gasteiger partial charge in [-0.15, -0.1) is 0 Å². The first-order valence-electron chi connectivity index (χ1n) is 10.5. The van der Waals surface area contributed by atoms with Gasteiger partial charge in [-0.25, -0.2) is 22.8 Å². The van der Waals surface area contributed by atoms with Crippen molar-refractivity contribution in [2.75, 3.05) is 16.9 Å². The highest BCUT2D eigenvalue weighted by Crippen LogP contribution is 2.36. The average molecular weight is 484 g/mol. The Labute approximate surface area is 194 Å².